The van der Waals surface area contributed by atoms with Gasteiger partial charge in [0.15, 0.2) is 5.78 Å². The van der Waals surface area contributed by atoms with Gasteiger partial charge >= 0.3 is 0 Å². The Morgan fingerprint density at radius 1 is 1.17 bits per heavy atom. The molecule has 0 spiro atoms. The molecule has 4 rings (SSSR count). The quantitative estimate of drug-likeness (QED) is 0.916. The van der Waals surface area contributed by atoms with E-state index in [0.29, 0.717) is 28.4 Å². The van der Waals surface area contributed by atoms with Gasteiger partial charge in [0, 0.05) is 17.1 Å². The minimum atomic E-state index is -0.316. The molecular weight excluding hydrogens is 326 g/mol. The molecule has 1 unspecified atom stereocenters. The second-order valence-corrected chi connectivity index (χ2v) is 6.79. The first-order valence-corrected chi connectivity index (χ1v) is 8.52. The highest BCUT2D eigenvalue weighted by Crippen LogP contribution is 2.40. The zero-order valence-corrected chi connectivity index (χ0v) is 13.9. The van der Waals surface area contributed by atoms with Crippen molar-refractivity contribution in [3.05, 3.63) is 58.1 Å². The van der Waals surface area contributed by atoms with Crippen molar-refractivity contribution < 1.29 is 14.6 Å². The van der Waals surface area contributed by atoms with Crippen LogP contribution in [0.4, 0.5) is 0 Å². The van der Waals surface area contributed by atoms with E-state index in [9.17, 15) is 9.90 Å². The minimum absolute atomic E-state index is 0.0163. The van der Waals surface area contributed by atoms with Crippen LogP contribution in [0, 0.1) is 0 Å². The maximum absolute atomic E-state index is 12.8. The van der Waals surface area contributed by atoms with Crippen molar-refractivity contribution in [2.75, 3.05) is 13.1 Å². The van der Waals surface area contributed by atoms with E-state index in [0.717, 1.165) is 18.7 Å². The third-order valence-electron chi connectivity index (χ3n) is 4.74. The van der Waals surface area contributed by atoms with Crippen LogP contribution in [0.1, 0.15) is 40.4 Å². The fraction of sp³-hybridized carbons (Fsp3) is 0.316. The summed E-state index contributed by atoms with van der Waals surface area (Å²) in [5.41, 5.74) is 2.15. The molecule has 1 atom stereocenters. The van der Waals surface area contributed by atoms with Gasteiger partial charge < -0.3 is 9.84 Å². The van der Waals surface area contributed by atoms with Crippen LogP contribution in [0.2, 0.25) is 5.02 Å². The lowest BCUT2D eigenvalue weighted by Crippen LogP contribution is -2.37. The Morgan fingerprint density at radius 3 is 2.58 bits per heavy atom. The summed E-state index contributed by atoms with van der Waals surface area (Å²) in [4.78, 5) is 15.0. The van der Waals surface area contributed by atoms with Crippen molar-refractivity contribution in [3.63, 3.8) is 0 Å². The molecular formula is C19H18ClNO3. The highest BCUT2D eigenvalue weighted by atomic mass is 35.5. The van der Waals surface area contributed by atoms with Gasteiger partial charge in [0.2, 0.25) is 0 Å². The Morgan fingerprint density at radius 2 is 1.92 bits per heavy atom. The maximum atomic E-state index is 12.8. The lowest BCUT2D eigenvalue weighted by atomic mass is 9.92. The van der Waals surface area contributed by atoms with Crippen molar-refractivity contribution in [1.29, 1.82) is 0 Å². The molecule has 0 amide bonds. The fourth-order valence-electron chi connectivity index (χ4n) is 3.27. The molecule has 1 N–H and O–H groups in total. The van der Waals surface area contributed by atoms with E-state index in [1.54, 1.807) is 24.3 Å². The second-order valence-electron chi connectivity index (χ2n) is 6.35. The van der Waals surface area contributed by atoms with Gasteiger partial charge in [0.05, 0.1) is 12.0 Å². The topological polar surface area (TPSA) is 49.8 Å². The number of carbonyl (C=O) groups excluding carboxylic acids is 1. The van der Waals surface area contributed by atoms with Gasteiger partial charge in [-0.05, 0) is 49.3 Å². The number of aromatic hydroxyl groups is 1. The minimum Gasteiger partial charge on any atom is -0.508 e. The van der Waals surface area contributed by atoms with E-state index >= 15 is 0 Å². The lowest BCUT2D eigenvalue weighted by Gasteiger charge is -2.33. The molecule has 2 aromatic carbocycles. The maximum Gasteiger partial charge on any atom is 0.171 e. The molecule has 0 aromatic heterocycles. The van der Waals surface area contributed by atoms with Crippen LogP contribution in [0.5, 0.6) is 11.5 Å². The predicted octanol–water partition coefficient (Wildman–Crippen LogP) is 3.96. The van der Waals surface area contributed by atoms with Crippen molar-refractivity contribution in [2.45, 2.75) is 25.5 Å². The zero-order chi connectivity index (χ0) is 16.7. The van der Waals surface area contributed by atoms with Gasteiger partial charge in [0.25, 0.3) is 0 Å². The number of hydrogen-bond acceptors (Lipinski definition) is 4. The normalized spacial score (nSPS) is 20.2. The van der Waals surface area contributed by atoms with Crippen LogP contribution in [0.15, 0.2) is 36.4 Å². The van der Waals surface area contributed by atoms with Crippen molar-refractivity contribution in [3.8, 4) is 11.5 Å². The van der Waals surface area contributed by atoms with Crippen LogP contribution >= 0.6 is 11.6 Å². The van der Waals surface area contributed by atoms with E-state index in [1.165, 1.54) is 6.42 Å². The van der Waals surface area contributed by atoms with Crippen LogP contribution in [0.3, 0.4) is 0 Å². The summed E-state index contributed by atoms with van der Waals surface area (Å²) in [6.45, 7) is 2.60. The Balaban J connectivity index is 1.67. The number of likely N-dealkylation sites (tertiary alicyclic amines) is 1. The summed E-state index contributed by atoms with van der Waals surface area (Å²) < 4.78 is 6.06. The van der Waals surface area contributed by atoms with Gasteiger partial charge in [-0.1, -0.05) is 23.7 Å². The van der Waals surface area contributed by atoms with Gasteiger partial charge in [-0.15, -0.1) is 0 Å². The number of benzene rings is 2. The standard InChI is InChI=1S/C19H18ClNO3/c20-13-4-2-12(3-5-13)18-10-16(23)19-14(11-21-8-1-9-21)15(22)6-7-17(19)24-18/h2-7,18,22H,1,8-11H2. The monoisotopic (exact) mass is 343 g/mol. The summed E-state index contributed by atoms with van der Waals surface area (Å²) in [5.74, 6) is 0.740. The van der Waals surface area contributed by atoms with Crippen LogP contribution < -0.4 is 4.74 Å². The molecule has 2 aliphatic rings. The first kappa shape index (κ1) is 15.5. The van der Waals surface area contributed by atoms with Crippen LogP contribution in [-0.4, -0.2) is 28.9 Å². The average molecular weight is 344 g/mol. The molecule has 0 saturated carbocycles. The number of nitrogens with zero attached hydrogens (tertiary/aromatic N) is 1. The van der Waals surface area contributed by atoms with E-state index in [2.05, 4.69) is 4.90 Å². The predicted molar refractivity (Wildman–Crippen MR) is 91.8 cm³/mol. The first-order chi connectivity index (χ1) is 11.6. The molecule has 0 bridgehead atoms. The van der Waals surface area contributed by atoms with Gasteiger partial charge in [-0.3, -0.25) is 9.69 Å². The first-order valence-electron chi connectivity index (χ1n) is 8.14. The van der Waals surface area contributed by atoms with Gasteiger partial charge in [-0.2, -0.15) is 0 Å². The molecule has 2 aliphatic heterocycles. The number of fused-ring (bicyclic) bond motifs is 1. The summed E-state index contributed by atoms with van der Waals surface area (Å²) in [6, 6.07) is 10.7. The molecule has 124 valence electrons. The fourth-order valence-corrected chi connectivity index (χ4v) is 3.40. The number of halogens is 1. The Bertz CT molecular complexity index is 784. The highest BCUT2D eigenvalue weighted by molar-refractivity contribution is 6.30. The van der Waals surface area contributed by atoms with Crippen LogP contribution in [-0.2, 0) is 6.54 Å². The van der Waals surface area contributed by atoms with E-state index in [-0.39, 0.29) is 24.1 Å². The molecule has 2 aromatic rings. The van der Waals surface area contributed by atoms with E-state index < -0.39 is 0 Å². The smallest absolute Gasteiger partial charge is 0.171 e. The second kappa shape index (κ2) is 6.11. The highest BCUT2D eigenvalue weighted by Gasteiger charge is 2.32. The number of phenolic OH excluding ortho intramolecular Hbond substituents is 1. The largest absolute Gasteiger partial charge is 0.508 e. The molecule has 1 fully saturated rings. The molecule has 1 saturated heterocycles. The molecule has 0 radical (unpaired) electrons. The third-order valence-corrected chi connectivity index (χ3v) is 4.99. The van der Waals surface area contributed by atoms with E-state index in [4.69, 9.17) is 16.3 Å². The molecule has 4 nitrogen and oxygen atoms in total. The summed E-state index contributed by atoms with van der Waals surface area (Å²) in [7, 11) is 0. The summed E-state index contributed by atoms with van der Waals surface area (Å²) >= 11 is 5.93. The number of phenols is 1. The van der Waals surface area contributed by atoms with Gasteiger partial charge in [0.1, 0.15) is 17.6 Å². The molecule has 5 heteroatoms. The van der Waals surface area contributed by atoms with E-state index in [1.807, 2.05) is 12.1 Å². The molecule has 2 heterocycles. The number of hydrogen-bond donors (Lipinski definition) is 1. The SMILES string of the molecule is O=C1CC(c2ccc(Cl)cc2)Oc2ccc(O)c(CN3CCC3)c21. The van der Waals surface area contributed by atoms with Crippen molar-refractivity contribution in [2.24, 2.45) is 0 Å². The number of ether oxygens (including phenoxy) is 1. The molecule has 0 aliphatic carbocycles. The zero-order valence-electron chi connectivity index (χ0n) is 13.2. The number of Topliss-reactive ketones (excluding diaryl/α,β-unsaturated/α-hetero) is 1. The Kier molecular flexibility index (Phi) is 3.94. The lowest BCUT2D eigenvalue weighted by molar-refractivity contribution is 0.0842. The molecule has 24 heavy (non-hydrogen) atoms. The third kappa shape index (κ3) is 2.76. The van der Waals surface area contributed by atoms with Crippen LogP contribution in [0.25, 0.3) is 0 Å². The Labute approximate surface area is 145 Å². The number of rotatable bonds is 3. The number of carbonyl (C=O) groups is 1. The summed E-state index contributed by atoms with van der Waals surface area (Å²) in [6.07, 6.45) is 1.12. The Hall–Kier alpha value is -2.04. The van der Waals surface area contributed by atoms with Crippen molar-refractivity contribution >= 4 is 17.4 Å². The average Bonchev–Trinajstić information content (AvgIpc) is 2.53. The van der Waals surface area contributed by atoms with Gasteiger partial charge in [-0.25, -0.2) is 0 Å². The number of ketones is 1. The summed E-state index contributed by atoms with van der Waals surface area (Å²) in [5, 5.41) is 10.9. The van der Waals surface area contributed by atoms with Crippen molar-refractivity contribution in [1.82, 2.24) is 4.90 Å².